The van der Waals surface area contributed by atoms with E-state index in [1.165, 1.54) is 22.2 Å². The first kappa shape index (κ1) is 19.2. The van der Waals surface area contributed by atoms with Crippen LogP contribution in [0.4, 0.5) is 0 Å². The minimum absolute atomic E-state index is 0.107. The van der Waals surface area contributed by atoms with Gasteiger partial charge in [0.25, 0.3) is 0 Å². The number of quaternary nitrogens is 1. The lowest BCUT2D eigenvalue weighted by atomic mass is 9.89. The summed E-state index contributed by atoms with van der Waals surface area (Å²) in [4.78, 5) is 28.3. The van der Waals surface area contributed by atoms with Crippen molar-refractivity contribution in [2.75, 3.05) is 32.7 Å². The third kappa shape index (κ3) is 3.87. The highest BCUT2D eigenvalue weighted by Crippen LogP contribution is 2.41. The van der Waals surface area contributed by atoms with Gasteiger partial charge >= 0.3 is 0 Å². The van der Waals surface area contributed by atoms with Crippen LogP contribution in [0.25, 0.3) is 10.2 Å². The second-order valence-corrected chi connectivity index (χ2v) is 10.3. The molecule has 0 spiro atoms. The second-order valence-electron chi connectivity index (χ2n) is 7.90. The van der Waals surface area contributed by atoms with Crippen LogP contribution in [-0.2, 0) is 17.6 Å². The average Bonchev–Trinajstić information content (AvgIpc) is 3.05. The molecular formula is C20H29N4OS2+. The molecule has 0 bridgehead atoms. The van der Waals surface area contributed by atoms with Crippen LogP contribution >= 0.6 is 23.1 Å². The maximum atomic E-state index is 13.0. The van der Waals surface area contributed by atoms with E-state index in [2.05, 4.69) is 23.8 Å². The summed E-state index contributed by atoms with van der Waals surface area (Å²) in [6, 6.07) is 0. The molecule has 1 aliphatic heterocycles. The fourth-order valence-electron chi connectivity index (χ4n) is 4.21. The van der Waals surface area contributed by atoms with Gasteiger partial charge in [0.2, 0.25) is 5.91 Å². The molecule has 146 valence electrons. The van der Waals surface area contributed by atoms with E-state index in [9.17, 15) is 4.79 Å². The van der Waals surface area contributed by atoms with E-state index < -0.39 is 0 Å². The summed E-state index contributed by atoms with van der Waals surface area (Å²) < 4.78 is 0. The number of fused-ring (bicyclic) bond motifs is 3. The van der Waals surface area contributed by atoms with Gasteiger partial charge in [-0.2, -0.15) is 0 Å². The van der Waals surface area contributed by atoms with Crippen molar-refractivity contribution in [3.05, 3.63) is 16.8 Å². The van der Waals surface area contributed by atoms with Gasteiger partial charge < -0.3 is 9.80 Å². The number of aromatic nitrogens is 2. The van der Waals surface area contributed by atoms with Crippen molar-refractivity contribution in [1.29, 1.82) is 0 Å². The van der Waals surface area contributed by atoms with Crippen molar-refractivity contribution >= 4 is 39.2 Å². The molecule has 2 atom stereocenters. The van der Waals surface area contributed by atoms with E-state index in [1.807, 2.05) is 23.2 Å². The Kier molecular flexibility index (Phi) is 5.71. The third-order valence-corrected chi connectivity index (χ3v) is 8.23. The van der Waals surface area contributed by atoms with Gasteiger partial charge in [-0.15, -0.1) is 11.3 Å². The van der Waals surface area contributed by atoms with Gasteiger partial charge in [-0.25, -0.2) is 9.97 Å². The lowest BCUT2D eigenvalue weighted by Gasteiger charge is -2.33. The molecule has 1 amide bonds. The number of likely N-dealkylation sites (N-methyl/N-ethyl adjacent to an activating group) is 1. The van der Waals surface area contributed by atoms with Crippen LogP contribution in [0.1, 0.15) is 37.6 Å². The maximum absolute atomic E-state index is 13.0. The average molecular weight is 406 g/mol. The summed E-state index contributed by atoms with van der Waals surface area (Å²) in [7, 11) is 0. The number of piperazine rings is 1. The summed E-state index contributed by atoms with van der Waals surface area (Å²) in [5.74, 6) is 0.999. The van der Waals surface area contributed by atoms with Crippen molar-refractivity contribution in [1.82, 2.24) is 14.9 Å². The Morgan fingerprint density at radius 1 is 1.41 bits per heavy atom. The fraction of sp³-hybridized carbons (Fsp3) is 0.650. The Morgan fingerprint density at radius 3 is 2.93 bits per heavy atom. The molecule has 2 aromatic rings. The van der Waals surface area contributed by atoms with Crippen LogP contribution in [0.2, 0.25) is 0 Å². The Labute approximate surface area is 169 Å². The zero-order valence-corrected chi connectivity index (χ0v) is 18.1. The minimum atomic E-state index is -0.107. The van der Waals surface area contributed by atoms with Gasteiger partial charge in [0.05, 0.1) is 38.0 Å². The number of amides is 1. The number of nitrogens with one attached hydrogen (secondary N) is 1. The molecular weight excluding hydrogens is 376 g/mol. The molecule has 2 aromatic heterocycles. The van der Waals surface area contributed by atoms with E-state index >= 15 is 0 Å². The monoisotopic (exact) mass is 405 g/mol. The molecule has 1 saturated heterocycles. The SMILES string of the molecule is CC[NH+]1CCN(C(=O)[C@@H](C)Sc2ncnc3sc4c(c23)CC[C@H](C)C4)CC1. The number of carbonyl (C=O) groups is 1. The van der Waals surface area contributed by atoms with Crippen LogP contribution in [0.3, 0.4) is 0 Å². The molecule has 4 rings (SSSR count). The number of rotatable bonds is 4. The molecule has 1 N–H and O–H groups in total. The van der Waals surface area contributed by atoms with E-state index in [-0.39, 0.29) is 11.2 Å². The first-order valence-electron chi connectivity index (χ1n) is 10.1. The number of nitrogens with zero attached hydrogens (tertiary/aromatic N) is 3. The Hall–Kier alpha value is -1.18. The maximum Gasteiger partial charge on any atom is 0.236 e. The van der Waals surface area contributed by atoms with Crippen LogP contribution in [-0.4, -0.2) is 58.7 Å². The van der Waals surface area contributed by atoms with Gasteiger partial charge in [0.1, 0.15) is 16.2 Å². The summed E-state index contributed by atoms with van der Waals surface area (Å²) >= 11 is 3.44. The molecule has 0 aromatic carbocycles. The van der Waals surface area contributed by atoms with Crippen LogP contribution < -0.4 is 4.90 Å². The van der Waals surface area contributed by atoms with Crippen molar-refractivity contribution in [2.45, 2.75) is 50.3 Å². The predicted molar refractivity (Wildman–Crippen MR) is 112 cm³/mol. The number of thiophene rings is 1. The van der Waals surface area contributed by atoms with Gasteiger partial charge in [0.15, 0.2) is 0 Å². The van der Waals surface area contributed by atoms with Crippen LogP contribution in [0.5, 0.6) is 0 Å². The zero-order chi connectivity index (χ0) is 19.0. The molecule has 1 fully saturated rings. The molecule has 0 unspecified atom stereocenters. The van der Waals surface area contributed by atoms with E-state index in [0.29, 0.717) is 0 Å². The molecule has 3 heterocycles. The molecule has 2 aliphatic rings. The normalized spacial score (nSPS) is 22.0. The first-order chi connectivity index (χ1) is 13.1. The fourth-order valence-corrected chi connectivity index (χ4v) is 6.65. The van der Waals surface area contributed by atoms with Crippen LogP contribution in [0, 0.1) is 5.92 Å². The molecule has 0 radical (unpaired) electrons. The smallest absolute Gasteiger partial charge is 0.236 e. The molecule has 5 nitrogen and oxygen atoms in total. The Balaban J connectivity index is 1.52. The molecule has 27 heavy (non-hydrogen) atoms. The second kappa shape index (κ2) is 8.05. The highest BCUT2D eigenvalue weighted by atomic mass is 32.2. The largest absolute Gasteiger partial charge is 0.332 e. The summed E-state index contributed by atoms with van der Waals surface area (Å²) in [6.07, 6.45) is 5.16. The lowest BCUT2D eigenvalue weighted by molar-refractivity contribution is -0.902. The third-order valence-electron chi connectivity index (χ3n) is 5.98. The van der Waals surface area contributed by atoms with Gasteiger partial charge in [-0.05, 0) is 44.6 Å². The van der Waals surface area contributed by atoms with Crippen LogP contribution in [0.15, 0.2) is 11.4 Å². The standard InChI is InChI=1S/C20H28N4OS2/c1-4-23-7-9-24(10-8-23)20(25)14(3)26-18-17-15-6-5-13(2)11-16(15)27-19(17)22-12-21-18/h12-14H,4-11H2,1-3H3/p+1/t13-,14+/m0/s1. The quantitative estimate of drug-likeness (QED) is 0.625. The lowest BCUT2D eigenvalue weighted by Crippen LogP contribution is -3.14. The Bertz CT molecular complexity index is 829. The Morgan fingerprint density at radius 2 is 2.19 bits per heavy atom. The summed E-state index contributed by atoms with van der Waals surface area (Å²) in [6.45, 7) is 11.6. The number of carbonyl (C=O) groups excluding carboxylic acids is 1. The van der Waals surface area contributed by atoms with Crippen molar-refractivity contribution in [3.8, 4) is 0 Å². The number of hydrogen-bond acceptors (Lipinski definition) is 5. The summed E-state index contributed by atoms with van der Waals surface area (Å²) in [5.41, 5.74) is 1.44. The topological polar surface area (TPSA) is 50.5 Å². The van der Waals surface area contributed by atoms with E-state index in [4.69, 9.17) is 0 Å². The summed E-state index contributed by atoms with van der Waals surface area (Å²) in [5, 5.41) is 2.10. The van der Waals surface area contributed by atoms with Gasteiger partial charge in [-0.1, -0.05) is 18.7 Å². The molecule has 7 heteroatoms. The van der Waals surface area contributed by atoms with Gasteiger partial charge in [0, 0.05) is 10.3 Å². The number of aryl methyl sites for hydroxylation is 1. The van der Waals surface area contributed by atoms with Crippen molar-refractivity contribution in [2.24, 2.45) is 5.92 Å². The number of thioether (sulfide) groups is 1. The molecule has 0 saturated carbocycles. The predicted octanol–water partition coefficient (Wildman–Crippen LogP) is 2.04. The highest BCUT2D eigenvalue weighted by molar-refractivity contribution is 8.00. The molecule has 1 aliphatic carbocycles. The van der Waals surface area contributed by atoms with Gasteiger partial charge in [-0.3, -0.25) is 4.79 Å². The highest BCUT2D eigenvalue weighted by Gasteiger charge is 2.29. The van der Waals surface area contributed by atoms with Crippen molar-refractivity contribution < 1.29 is 9.69 Å². The van der Waals surface area contributed by atoms with E-state index in [1.54, 1.807) is 23.0 Å². The zero-order valence-electron chi connectivity index (χ0n) is 16.5. The minimum Gasteiger partial charge on any atom is -0.332 e. The first-order valence-corrected chi connectivity index (χ1v) is 11.8. The van der Waals surface area contributed by atoms with Crippen molar-refractivity contribution in [3.63, 3.8) is 0 Å². The number of hydrogen-bond donors (Lipinski definition) is 1. The van der Waals surface area contributed by atoms with E-state index in [0.717, 1.165) is 61.3 Å².